The zero-order valence-electron chi connectivity index (χ0n) is 17.9. The first-order valence-corrected chi connectivity index (χ1v) is 10.3. The Bertz CT molecular complexity index is 832. The lowest BCUT2D eigenvalue weighted by atomic mass is 9.73. The second-order valence-corrected chi connectivity index (χ2v) is 7.27. The molecule has 0 unspecified atom stereocenters. The van der Waals surface area contributed by atoms with Gasteiger partial charge in [-0.2, -0.15) is 0 Å². The molecule has 2 heterocycles. The number of carbonyl (C=O) groups excluding carboxylic acids is 1. The van der Waals surface area contributed by atoms with Gasteiger partial charge in [0.05, 0.1) is 31.0 Å². The number of methoxy groups -OCH3 is 1. The predicted molar refractivity (Wildman–Crippen MR) is 114 cm³/mol. The first-order chi connectivity index (χ1) is 14.6. The van der Waals surface area contributed by atoms with Crippen molar-refractivity contribution in [1.29, 1.82) is 0 Å². The smallest absolute Gasteiger partial charge is 0.235 e. The van der Waals surface area contributed by atoms with Gasteiger partial charge in [-0.15, -0.1) is 0 Å². The maximum atomic E-state index is 13.4. The topological polar surface area (TPSA) is 78.9 Å². The minimum atomic E-state index is -0.648. The van der Waals surface area contributed by atoms with E-state index in [2.05, 4.69) is 10.3 Å². The Balaban J connectivity index is 1.75. The van der Waals surface area contributed by atoms with E-state index in [4.69, 9.17) is 18.9 Å². The summed E-state index contributed by atoms with van der Waals surface area (Å²) in [5.41, 5.74) is 1.82. The average molecular weight is 415 g/mol. The molecule has 7 heteroatoms. The molecule has 0 aliphatic carbocycles. The third kappa shape index (κ3) is 5.09. The first kappa shape index (κ1) is 22.1. The minimum Gasteiger partial charge on any atom is -0.497 e. The maximum Gasteiger partial charge on any atom is 0.235 e. The van der Waals surface area contributed by atoms with E-state index in [1.165, 1.54) is 0 Å². The second-order valence-electron chi connectivity index (χ2n) is 7.27. The number of amides is 1. The maximum absolute atomic E-state index is 13.4. The molecule has 1 fully saturated rings. The van der Waals surface area contributed by atoms with Gasteiger partial charge < -0.3 is 24.3 Å². The van der Waals surface area contributed by atoms with Gasteiger partial charge in [-0.25, -0.2) is 4.98 Å². The number of anilines is 1. The lowest BCUT2D eigenvalue weighted by molar-refractivity contribution is -0.125. The number of aryl methyl sites for hydroxylation is 1. The van der Waals surface area contributed by atoms with Gasteiger partial charge in [0.2, 0.25) is 11.8 Å². The number of benzene rings is 1. The zero-order chi connectivity index (χ0) is 21.4. The van der Waals surface area contributed by atoms with Crippen LogP contribution < -0.4 is 14.8 Å². The van der Waals surface area contributed by atoms with E-state index in [0.717, 1.165) is 16.9 Å². The predicted octanol–water partition coefficient (Wildman–Crippen LogP) is 3.50. The van der Waals surface area contributed by atoms with Gasteiger partial charge in [-0.1, -0.05) is 12.1 Å². The molecule has 7 nitrogen and oxygen atoms in total. The lowest BCUT2D eigenvalue weighted by Gasteiger charge is -2.36. The van der Waals surface area contributed by atoms with Gasteiger partial charge in [-0.05, 0) is 50.5 Å². The van der Waals surface area contributed by atoms with Gasteiger partial charge in [0.15, 0.2) is 0 Å². The Morgan fingerprint density at radius 3 is 2.57 bits per heavy atom. The van der Waals surface area contributed by atoms with Crippen LogP contribution in [0.25, 0.3) is 0 Å². The number of aromatic nitrogens is 1. The van der Waals surface area contributed by atoms with Crippen LogP contribution in [0, 0.1) is 6.92 Å². The number of rotatable bonds is 9. The summed E-state index contributed by atoms with van der Waals surface area (Å²) in [6, 6.07) is 9.58. The van der Waals surface area contributed by atoms with Crippen molar-refractivity contribution >= 4 is 11.6 Å². The molecular formula is C23H30N2O5. The normalized spacial score (nSPS) is 15.4. The number of carbonyl (C=O) groups is 1. The highest BCUT2D eigenvalue weighted by molar-refractivity contribution is 5.99. The molecule has 0 bridgehead atoms. The molecule has 0 radical (unpaired) electrons. The molecule has 0 spiro atoms. The van der Waals surface area contributed by atoms with Gasteiger partial charge in [0, 0.05) is 25.4 Å². The highest BCUT2D eigenvalue weighted by Gasteiger charge is 2.41. The van der Waals surface area contributed by atoms with Crippen LogP contribution in [0.5, 0.6) is 11.6 Å². The van der Waals surface area contributed by atoms with E-state index in [-0.39, 0.29) is 5.91 Å². The molecule has 1 amide bonds. The summed E-state index contributed by atoms with van der Waals surface area (Å²) < 4.78 is 21.7. The van der Waals surface area contributed by atoms with Crippen molar-refractivity contribution in [3.05, 3.63) is 47.7 Å². The molecule has 1 saturated heterocycles. The Labute approximate surface area is 177 Å². The third-order valence-corrected chi connectivity index (χ3v) is 5.38. The van der Waals surface area contributed by atoms with Crippen LogP contribution in [0.3, 0.4) is 0 Å². The van der Waals surface area contributed by atoms with Crippen LogP contribution in [0.2, 0.25) is 0 Å². The molecule has 1 aliphatic rings. The van der Waals surface area contributed by atoms with Crippen molar-refractivity contribution in [1.82, 2.24) is 4.98 Å². The fraction of sp³-hybridized carbons (Fsp3) is 0.478. The third-order valence-electron chi connectivity index (χ3n) is 5.38. The molecule has 3 rings (SSSR count). The molecule has 1 aromatic carbocycles. The van der Waals surface area contributed by atoms with E-state index in [1.807, 2.05) is 44.2 Å². The summed E-state index contributed by atoms with van der Waals surface area (Å²) in [6.45, 7) is 6.55. The van der Waals surface area contributed by atoms with Gasteiger partial charge in [0.1, 0.15) is 12.4 Å². The second kappa shape index (κ2) is 10.4. The molecule has 0 saturated carbocycles. The van der Waals surface area contributed by atoms with Crippen molar-refractivity contribution in [3.8, 4) is 11.6 Å². The summed E-state index contributed by atoms with van der Waals surface area (Å²) in [4.78, 5) is 17.8. The summed E-state index contributed by atoms with van der Waals surface area (Å²) in [5, 5.41) is 3.06. The summed E-state index contributed by atoms with van der Waals surface area (Å²) in [7, 11) is 1.63. The van der Waals surface area contributed by atoms with Crippen molar-refractivity contribution in [2.45, 2.75) is 32.1 Å². The van der Waals surface area contributed by atoms with E-state index in [1.54, 1.807) is 13.3 Å². The fourth-order valence-corrected chi connectivity index (χ4v) is 3.65. The van der Waals surface area contributed by atoms with Gasteiger partial charge >= 0.3 is 0 Å². The van der Waals surface area contributed by atoms with Gasteiger partial charge in [0.25, 0.3) is 0 Å². The van der Waals surface area contributed by atoms with E-state index < -0.39 is 5.41 Å². The molecule has 1 N–H and O–H groups in total. The quantitative estimate of drug-likeness (QED) is 0.633. The number of ether oxygens (including phenoxy) is 4. The average Bonchev–Trinajstić information content (AvgIpc) is 2.78. The van der Waals surface area contributed by atoms with Crippen LogP contribution >= 0.6 is 0 Å². The molecular weight excluding hydrogens is 384 g/mol. The van der Waals surface area contributed by atoms with Crippen molar-refractivity contribution < 1.29 is 23.7 Å². The number of hydrogen-bond acceptors (Lipinski definition) is 6. The van der Waals surface area contributed by atoms with E-state index in [0.29, 0.717) is 57.4 Å². The Morgan fingerprint density at radius 1 is 1.20 bits per heavy atom. The molecule has 30 heavy (non-hydrogen) atoms. The number of pyridine rings is 1. The zero-order valence-corrected chi connectivity index (χ0v) is 17.9. The summed E-state index contributed by atoms with van der Waals surface area (Å²) in [5.74, 6) is 1.26. The van der Waals surface area contributed by atoms with Gasteiger partial charge in [-0.3, -0.25) is 4.79 Å². The molecule has 0 atom stereocenters. The lowest BCUT2D eigenvalue weighted by Crippen LogP contribution is -2.44. The van der Waals surface area contributed by atoms with E-state index >= 15 is 0 Å². The molecule has 1 aliphatic heterocycles. The molecule has 162 valence electrons. The van der Waals surface area contributed by atoms with Crippen molar-refractivity contribution in [3.63, 3.8) is 0 Å². The Morgan fingerprint density at radius 2 is 1.93 bits per heavy atom. The van der Waals surface area contributed by atoms with Crippen LogP contribution in [0.1, 0.15) is 30.9 Å². The standard InChI is InChI=1S/C23H30N2O5/c1-4-28-13-14-30-21-17(2)15-19(16-24-21)25-22(26)23(9-11-29-12-10-23)18-5-7-20(27-3)8-6-18/h5-8,15-16H,4,9-14H2,1-3H3,(H,25,26). The highest BCUT2D eigenvalue weighted by atomic mass is 16.5. The molecule has 1 aromatic heterocycles. The van der Waals surface area contributed by atoms with Crippen LogP contribution in [-0.2, 0) is 19.7 Å². The monoisotopic (exact) mass is 414 g/mol. The van der Waals surface area contributed by atoms with Crippen LogP contribution in [0.4, 0.5) is 5.69 Å². The fourth-order valence-electron chi connectivity index (χ4n) is 3.65. The summed E-state index contributed by atoms with van der Waals surface area (Å²) in [6.07, 6.45) is 2.87. The summed E-state index contributed by atoms with van der Waals surface area (Å²) >= 11 is 0. The Hall–Kier alpha value is -2.64. The number of nitrogens with one attached hydrogen (secondary N) is 1. The van der Waals surface area contributed by atoms with Crippen LogP contribution in [0.15, 0.2) is 36.5 Å². The Kier molecular flexibility index (Phi) is 7.65. The largest absolute Gasteiger partial charge is 0.497 e. The van der Waals surface area contributed by atoms with Crippen LogP contribution in [-0.4, -0.2) is 51.0 Å². The highest BCUT2D eigenvalue weighted by Crippen LogP contribution is 2.37. The first-order valence-electron chi connectivity index (χ1n) is 10.3. The SMILES string of the molecule is CCOCCOc1ncc(NC(=O)C2(c3ccc(OC)cc3)CCOCC2)cc1C. The van der Waals surface area contributed by atoms with E-state index in [9.17, 15) is 4.79 Å². The molecule has 2 aromatic rings. The minimum absolute atomic E-state index is 0.0535. The number of hydrogen-bond donors (Lipinski definition) is 1. The van der Waals surface area contributed by atoms with Crippen molar-refractivity contribution in [2.75, 3.05) is 45.5 Å². The van der Waals surface area contributed by atoms with Crippen molar-refractivity contribution in [2.24, 2.45) is 0 Å². The number of nitrogens with zero attached hydrogens (tertiary/aromatic N) is 1.